The highest BCUT2D eigenvalue weighted by Gasteiger charge is 2.44. The number of esters is 1. The third-order valence-corrected chi connectivity index (χ3v) is 5.70. The molecule has 0 spiro atoms. The molecule has 0 atom stereocenters. The first-order valence-electron chi connectivity index (χ1n) is 10.8. The summed E-state index contributed by atoms with van der Waals surface area (Å²) < 4.78 is 11.4. The molecule has 6 heteroatoms. The van der Waals surface area contributed by atoms with E-state index in [1.165, 1.54) is 24.3 Å². The predicted octanol–water partition coefficient (Wildman–Crippen LogP) is 5.22. The van der Waals surface area contributed by atoms with Crippen molar-refractivity contribution in [3.8, 4) is 23.0 Å². The zero-order valence-electron chi connectivity index (χ0n) is 17.9. The van der Waals surface area contributed by atoms with Gasteiger partial charge in [0.15, 0.2) is 0 Å². The minimum Gasteiger partial charge on any atom is -0.508 e. The summed E-state index contributed by atoms with van der Waals surface area (Å²) in [6.07, 6.45) is 3.95. The largest absolute Gasteiger partial charge is 0.508 e. The molecule has 0 bridgehead atoms. The number of rotatable bonds is 7. The first-order valence-corrected chi connectivity index (χ1v) is 10.8. The number of fused-ring (bicyclic) bond motifs is 2. The van der Waals surface area contributed by atoms with Crippen molar-refractivity contribution in [3.63, 3.8) is 0 Å². The molecule has 0 saturated carbocycles. The smallest absolute Gasteiger partial charge is 0.338 e. The van der Waals surface area contributed by atoms with Crippen LogP contribution in [0.25, 0.3) is 0 Å². The van der Waals surface area contributed by atoms with Crippen LogP contribution in [0.5, 0.6) is 23.0 Å². The minimum atomic E-state index is -1.76. The van der Waals surface area contributed by atoms with E-state index in [0.717, 1.165) is 25.7 Å². The Balaban J connectivity index is 1.79. The van der Waals surface area contributed by atoms with E-state index in [4.69, 9.17) is 9.47 Å². The number of hydrogen-bond donors (Lipinski definition) is 3. The maximum Gasteiger partial charge on any atom is 0.338 e. The molecule has 3 N–H and O–H groups in total. The molecule has 0 aromatic heterocycles. The molecule has 0 amide bonds. The zero-order valence-corrected chi connectivity index (χ0v) is 17.9. The number of unbranched alkanes of at least 4 members (excludes halogenated alkanes) is 3. The quantitative estimate of drug-likeness (QED) is 0.348. The van der Waals surface area contributed by atoms with E-state index in [1.807, 2.05) is 0 Å². The molecule has 1 heterocycles. The van der Waals surface area contributed by atoms with Crippen molar-refractivity contribution in [2.24, 2.45) is 0 Å². The van der Waals surface area contributed by atoms with Gasteiger partial charge in [-0.05, 0) is 36.8 Å². The summed E-state index contributed by atoms with van der Waals surface area (Å²) in [5.41, 5.74) is -0.443. The second kappa shape index (κ2) is 8.93. The van der Waals surface area contributed by atoms with E-state index in [1.54, 1.807) is 36.4 Å². The predicted molar refractivity (Wildman–Crippen MR) is 119 cm³/mol. The highest BCUT2D eigenvalue weighted by Crippen LogP contribution is 2.52. The lowest BCUT2D eigenvalue weighted by Gasteiger charge is -2.37. The second-order valence-electron chi connectivity index (χ2n) is 7.92. The number of ether oxygens (including phenoxy) is 2. The molecule has 1 aliphatic rings. The van der Waals surface area contributed by atoms with E-state index in [0.29, 0.717) is 23.3 Å². The molecule has 3 aromatic carbocycles. The average molecular weight is 434 g/mol. The fourth-order valence-electron chi connectivity index (χ4n) is 4.09. The van der Waals surface area contributed by atoms with Crippen molar-refractivity contribution >= 4 is 5.97 Å². The highest BCUT2D eigenvalue weighted by molar-refractivity contribution is 5.92. The van der Waals surface area contributed by atoms with Gasteiger partial charge in [0.2, 0.25) is 0 Å². The number of hydrogen-bond acceptors (Lipinski definition) is 6. The van der Waals surface area contributed by atoms with E-state index in [-0.39, 0.29) is 28.6 Å². The van der Waals surface area contributed by atoms with Gasteiger partial charge in [0.05, 0.1) is 12.2 Å². The maximum absolute atomic E-state index is 13.0. The monoisotopic (exact) mass is 434 g/mol. The second-order valence-corrected chi connectivity index (χ2v) is 7.92. The Morgan fingerprint density at radius 3 is 2.12 bits per heavy atom. The lowest BCUT2D eigenvalue weighted by atomic mass is 9.76. The van der Waals surface area contributed by atoms with Crippen LogP contribution >= 0.6 is 0 Å². The molecule has 0 radical (unpaired) electrons. The maximum atomic E-state index is 13.0. The fraction of sp³-hybridized carbons (Fsp3) is 0.269. The van der Waals surface area contributed by atoms with E-state index in [9.17, 15) is 20.1 Å². The molecule has 1 aliphatic heterocycles. The fourth-order valence-corrected chi connectivity index (χ4v) is 4.09. The lowest BCUT2D eigenvalue weighted by molar-refractivity contribution is 0.0482. The molecule has 0 unspecified atom stereocenters. The van der Waals surface area contributed by atoms with Gasteiger partial charge in [0.25, 0.3) is 0 Å². The van der Waals surface area contributed by atoms with Crippen LogP contribution in [0.4, 0.5) is 0 Å². The van der Waals surface area contributed by atoms with Gasteiger partial charge in [0.1, 0.15) is 28.6 Å². The summed E-state index contributed by atoms with van der Waals surface area (Å²) in [4.78, 5) is 13.0. The molecule has 166 valence electrons. The number of carbonyl (C=O) groups is 1. The van der Waals surface area contributed by atoms with Crippen molar-refractivity contribution in [1.29, 1.82) is 0 Å². The first-order chi connectivity index (χ1) is 15.4. The van der Waals surface area contributed by atoms with Crippen LogP contribution in [-0.4, -0.2) is 27.9 Å². The highest BCUT2D eigenvalue weighted by atomic mass is 16.5. The van der Waals surface area contributed by atoms with Crippen molar-refractivity contribution in [1.82, 2.24) is 0 Å². The van der Waals surface area contributed by atoms with Crippen LogP contribution in [0.3, 0.4) is 0 Å². The molecule has 0 saturated heterocycles. The summed E-state index contributed by atoms with van der Waals surface area (Å²) in [5.74, 6) is -0.122. The molecule has 4 rings (SSSR count). The Kier molecular flexibility index (Phi) is 6.06. The third-order valence-electron chi connectivity index (χ3n) is 5.70. The van der Waals surface area contributed by atoms with Gasteiger partial charge in [-0.25, -0.2) is 4.79 Å². The van der Waals surface area contributed by atoms with Crippen LogP contribution in [0.1, 0.15) is 59.7 Å². The van der Waals surface area contributed by atoms with Crippen LogP contribution in [-0.2, 0) is 10.3 Å². The number of benzene rings is 3. The van der Waals surface area contributed by atoms with Gasteiger partial charge in [-0.1, -0.05) is 44.4 Å². The molecule has 0 fully saturated rings. The van der Waals surface area contributed by atoms with Gasteiger partial charge >= 0.3 is 5.97 Å². The SMILES string of the molecule is CCCCCCOC(=O)c1ccccc1C1(O)c2ccc(O)cc2Oc2cc(O)ccc21. The molecular weight excluding hydrogens is 408 g/mol. The number of carbonyl (C=O) groups excluding carboxylic acids is 1. The minimum absolute atomic E-state index is 0.0329. The Morgan fingerprint density at radius 1 is 0.875 bits per heavy atom. The van der Waals surface area contributed by atoms with Gasteiger partial charge in [-0.3, -0.25) is 0 Å². The average Bonchev–Trinajstić information content (AvgIpc) is 2.78. The lowest BCUT2D eigenvalue weighted by Crippen LogP contribution is -2.34. The Morgan fingerprint density at radius 2 is 1.50 bits per heavy atom. The Bertz CT molecular complexity index is 1090. The van der Waals surface area contributed by atoms with Crippen molar-refractivity contribution < 1.29 is 29.6 Å². The molecule has 32 heavy (non-hydrogen) atoms. The van der Waals surface area contributed by atoms with Crippen LogP contribution in [0.2, 0.25) is 0 Å². The summed E-state index contributed by atoms with van der Waals surface area (Å²) >= 11 is 0. The first kappa shape index (κ1) is 21.7. The summed E-state index contributed by atoms with van der Waals surface area (Å²) in [6.45, 7) is 2.43. The van der Waals surface area contributed by atoms with Gasteiger partial charge in [0, 0.05) is 28.8 Å². The molecule has 6 nitrogen and oxygen atoms in total. The summed E-state index contributed by atoms with van der Waals surface area (Å²) in [6, 6.07) is 15.6. The van der Waals surface area contributed by atoms with E-state index >= 15 is 0 Å². The number of aliphatic hydroxyl groups is 1. The number of phenols is 2. The van der Waals surface area contributed by atoms with Gasteiger partial charge in [-0.2, -0.15) is 0 Å². The summed E-state index contributed by atoms with van der Waals surface area (Å²) in [7, 11) is 0. The van der Waals surface area contributed by atoms with E-state index < -0.39 is 11.6 Å². The number of phenolic OH excluding ortho intramolecular Hbond substituents is 2. The topological polar surface area (TPSA) is 96.2 Å². The standard InChI is InChI=1S/C26H26O6/c1-2-3-4-7-14-31-25(29)19-8-5-6-9-20(19)26(30)21-12-10-17(27)15-23(21)32-24-16-18(28)11-13-22(24)26/h5-6,8-13,15-16,27-28,30H,2-4,7,14H2,1H3. The van der Waals surface area contributed by atoms with Crippen molar-refractivity contribution in [3.05, 3.63) is 82.9 Å². The van der Waals surface area contributed by atoms with E-state index in [2.05, 4.69) is 6.92 Å². The van der Waals surface area contributed by atoms with Gasteiger partial charge < -0.3 is 24.8 Å². The van der Waals surface area contributed by atoms with Crippen LogP contribution in [0, 0.1) is 0 Å². The Hall–Kier alpha value is -3.51. The molecule has 0 aliphatic carbocycles. The molecule has 3 aromatic rings. The third kappa shape index (κ3) is 3.89. The number of aromatic hydroxyl groups is 2. The van der Waals surface area contributed by atoms with Crippen molar-refractivity contribution in [2.45, 2.75) is 38.2 Å². The van der Waals surface area contributed by atoms with Gasteiger partial charge in [-0.15, -0.1) is 0 Å². The molecular formula is C26H26O6. The summed E-state index contributed by atoms with van der Waals surface area (Å²) in [5, 5.41) is 32.0. The normalized spacial score (nSPS) is 13.6. The van der Waals surface area contributed by atoms with Crippen LogP contribution < -0.4 is 4.74 Å². The van der Waals surface area contributed by atoms with Crippen LogP contribution in [0.15, 0.2) is 60.7 Å². The van der Waals surface area contributed by atoms with Crippen molar-refractivity contribution in [2.75, 3.05) is 6.61 Å². The zero-order chi connectivity index (χ0) is 22.7. The Labute approximate surface area is 186 Å².